The van der Waals surface area contributed by atoms with Crippen molar-refractivity contribution in [1.82, 2.24) is 20.2 Å². The summed E-state index contributed by atoms with van der Waals surface area (Å²) >= 11 is 1.28. The van der Waals surface area contributed by atoms with Crippen LogP contribution in [0.1, 0.15) is 23.2 Å². The predicted molar refractivity (Wildman–Crippen MR) is 85.3 cm³/mol. The quantitative estimate of drug-likeness (QED) is 0.678. The number of thiazole rings is 1. The van der Waals surface area contributed by atoms with Crippen LogP contribution in [-0.4, -0.2) is 32.0 Å². The second-order valence-corrected chi connectivity index (χ2v) is 6.22. The van der Waals surface area contributed by atoms with Gasteiger partial charge < -0.3 is 10.6 Å². The minimum atomic E-state index is -0.280. The molecule has 1 saturated carbocycles. The van der Waals surface area contributed by atoms with Gasteiger partial charge in [0, 0.05) is 23.9 Å². The van der Waals surface area contributed by atoms with Gasteiger partial charge in [-0.2, -0.15) is 5.10 Å². The van der Waals surface area contributed by atoms with Crippen LogP contribution in [0, 0.1) is 5.92 Å². The van der Waals surface area contributed by atoms with E-state index in [1.165, 1.54) is 11.3 Å². The van der Waals surface area contributed by atoms with E-state index in [0.717, 1.165) is 12.8 Å². The first-order valence-corrected chi connectivity index (χ1v) is 7.89. The first-order valence-electron chi connectivity index (χ1n) is 7.08. The highest BCUT2D eigenvalue weighted by atomic mass is 32.1. The van der Waals surface area contributed by atoms with Crippen molar-refractivity contribution in [1.29, 1.82) is 0 Å². The van der Waals surface area contributed by atoms with Crippen LogP contribution in [0.3, 0.4) is 0 Å². The number of nitrogens with one attached hydrogen (secondary N) is 3. The second kappa shape index (κ2) is 5.43. The van der Waals surface area contributed by atoms with E-state index in [9.17, 15) is 9.59 Å². The highest BCUT2D eigenvalue weighted by Gasteiger charge is 2.30. The lowest BCUT2D eigenvalue weighted by atomic mass is 10.2. The molecule has 0 bridgehead atoms. The number of rotatable bonds is 4. The Hall–Kier alpha value is -2.81. The van der Waals surface area contributed by atoms with Gasteiger partial charge in [-0.25, -0.2) is 4.98 Å². The van der Waals surface area contributed by atoms with Gasteiger partial charge in [-0.05, 0) is 25.0 Å². The predicted octanol–water partition coefficient (Wildman–Crippen LogP) is 2.02. The molecule has 0 radical (unpaired) electrons. The van der Waals surface area contributed by atoms with Crippen LogP contribution in [0.25, 0.3) is 10.3 Å². The van der Waals surface area contributed by atoms with Crippen molar-refractivity contribution < 1.29 is 9.59 Å². The molecule has 3 aromatic rings. The molecule has 4 rings (SSSR count). The third-order valence-corrected chi connectivity index (χ3v) is 4.45. The third kappa shape index (κ3) is 2.78. The summed E-state index contributed by atoms with van der Waals surface area (Å²) < 4.78 is 0.693. The second-order valence-electron chi connectivity index (χ2n) is 5.22. The van der Waals surface area contributed by atoms with Crippen LogP contribution in [-0.2, 0) is 4.79 Å². The molecular formula is C14H12N6O2S. The van der Waals surface area contributed by atoms with Crippen molar-refractivity contribution in [2.75, 3.05) is 10.6 Å². The molecule has 0 spiro atoms. The average Bonchev–Trinajstić information content (AvgIpc) is 3.25. The molecule has 8 nitrogen and oxygen atoms in total. The molecule has 3 aromatic heterocycles. The Labute approximate surface area is 134 Å². The Morgan fingerprint density at radius 3 is 2.74 bits per heavy atom. The van der Waals surface area contributed by atoms with E-state index < -0.39 is 0 Å². The van der Waals surface area contributed by atoms with Gasteiger partial charge in [0.2, 0.25) is 5.91 Å². The fourth-order valence-corrected chi connectivity index (χ4v) is 2.95. The first kappa shape index (κ1) is 13.8. The molecular weight excluding hydrogens is 316 g/mol. The molecule has 1 aliphatic carbocycles. The third-order valence-electron chi connectivity index (χ3n) is 3.47. The lowest BCUT2D eigenvalue weighted by molar-refractivity contribution is -0.117. The van der Waals surface area contributed by atoms with Crippen molar-refractivity contribution >= 4 is 44.4 Å². The summed E-state index contributed by atoms with van der Waals surface area (Å²) in [4.78, 5) is 32.1. The Morgan fingerprint density at radius 1 is 1.22 bits per heavy atom. The Morgan fingerprint density at radius 2 is 2.00 bits per heavy atom. The number of carbonyl (C=O) groups is 2. The van der Waals surface area contributed by atoms with E-state index >= 15 is 0 Å². The van der Waals surface area contributed by atoms with E-state index in [4.69, 9.17) is 0 Å². The summed E-state index contributed by atoms with van der Waals surface area (Å²) in [5, 5.41) is 12.8. The van der Waals surface area contributed by atoms with Crippen LogP contribution in [0.4, 0.5) is 10.9 Å². The zero-order valence-corrected chi connectivity index (χ0v) is 12.7. The van der Waals surface area contributed by atoms with E-state index in [0.29, 0.717) is 26.9 Å². The van der Waals surface area contributed by atoms with E-state index in [1.807, 2.05) is 0 Å². The summed E-state index contributed by atoms with van der Waals surface area (Å²) in [5.74, 6) is 0.224. The monoisotopic (exact) mass is 328 g/mol. The first-order chi connectivity index (χ1) is 11.2. The van der Waals surface area contributed by atoms with Crippen molar-refractivity contribution in [3.8, 4) is 0 Å². The molecule has 0 saturated heterocycles. The smallest absolute Gasteiger partial charge is 0.257 e. The van der Waals surface area contributed by atoms with Gasteiger partial charge in [-0.15, -0.1) is 0 Å². The number of anilines is 2. The van der Waals surface area contributed by atoms with Crippen LogP contribution < -0.4 is 10.6 Å². The summed E-state index contributed by atoms with van der Waals surface area (Å²) in [6, 6.07) is 3.24. The minimum absolute atomic E-state index is 0.00302. The molecule has 9 heteroatoms. The molecule has 0 aromatic carbocycles. The van der Waals surface area contributed by atoms with Gasteiger partial charge in [-0.1, -0.05) is 11.3 Å². The van der Waals surface area contributed by atoms with Crippen molar-refractivity contribution in [3.05, 3.63) is 30.1 Å². The number of H-pyrrole nitrogens is 1. The molecule has 1 fully saturated rings. The van der Waals surface area contributed by atoms with Crippen molar-refractivity contribution in [2.45, 2.75) is 12.8 Å². The summed E-state index contributed by atoms with van der Waals surface area (Å²) in [6.07, 6.45) is 4.97. The van der Waals surface area contributed by atoms with Gasteiger partial charge in [0.1, 0.15) is 4.70 Å². The number of nitrogens with zero attached hydrogens (tertiary/aromatic N) is 3. The number of amides is 2. The normalized spacial score (nSPS) is 13.9. The Bertz CT molecular complexity index is 883. The van der Waals surface area contributed by atoms with Crippen LogP contribution >= 0.6 is 11.3 Å². The maximum absolute atomic E-state index is 12.2. The van der Waals surface area contributed by atoms with Crippen LogP contribution in [0.5, 0.6) is 0 Å². The van der Waals surface area contributed by atoms with Crippen molar-refractivity contribution in [3.63, 3.8) is 0 Å². The molecule has 0 aliphatic heterocycles. The molecule has 3 N–H and O–H groups in total. The van der Waals surface area contributed by atoms with Gasteiger partial charge >= 0.3 is 0 Å². The maximum atomic E-state index is 12.2. The van der Waals surface area contributed by atoms with Gasteiger partial charge in [0.25, 0.3) is 5.91 Å². The van der Waals surface area contributed by atoms with E-state index in [2.05, 4.69) is 30.8 Å². The lowest BCUT2D eigenvalue weighted by Crippen LogP contribution is -2.13. The largest absolute Gasteiger partial charge is 0.304 e. The molecule has 2 amide bonds. The Kier molecular flexibility index (Phi) is 3.27. The zero-order valence-electron chi connectivity index (χ0n) is 11.9. The summed E-state index contributed by atoms with van der Waals surface area (Å²) in [7, 11) is 0. The number of aromatic amines is 1. The Balaban J connectivity index is 1.54. The number of carbonyl (C=O) groups excluding carboxylic acids is 2. The number of pyridine rings is 1. The fraction of sp³-hybridized carbons (Fsp3) is 0.214. The molecule has 0 atom stereocenters. The SMILES string of the molecule is O=C(Nc1n[nH]c2nc(NC(=O)C3CC3)sc12)c1ccncc1. The average molecular weight is 328 g/mol. The number of hydrogen-bond donors (Lipinski definition) is 3. The van der Waals surface area contributed by atoms with Crippen molar-refractivity contribution in [2.24, 2.45) is 5.92 Å². The topological polar surface area (TPSA) is 113 Å². The number of aromatic nitrogens is 4. The molecule has 23 heavy (non-hydrogen) atoms. The fourth-order valence-electron chi connectivity index (χ4n) is 2.09. The van der Waals surface area contributed by atoms with Gasteiger partial charge in [0.15, 0.2) is 16.6 Å². The number of fused-ring (bicyclic) bond motifs is 1. The van der Waals surface area contributed by atoms with E-state index in [-0.39, 0.29) is 17.7 Å². The van der Waals surface area contributed by atoms with E-state index in [1.54, 1.807) is 24.5 Å². The van der Waals surface area contributed by atoms with Gasteiger partial charge in [0.05, 0.1) is 0 Å². The lowest BCUT2D eigenvalue weighted by Gasteiger charge is -2.01. The van der Waals surface area contributed by atoms with Gasteiger partial charge in [-0.3, -0.25) is 19.7 Å². The molecule has 116 valence electrons. The van der Waals surface area contributed by atoms with Crippen LogP contribution in [0.2, 0.25) is 0 Å². The summed E-state index contributed by atoms with van der Waals surface area (Å²) in [6.45, 7) is 0. The summed E-state index contributed by atoms with van der Waals surface area (Å²) in [5.41, 5.74) is 1.02. The minimum Gasteiger partial charge on any atom is -0.304 e. The molecule has 0 unspecified atom stereocenters. The highest BCUT2D eigenvalue weighted by Crippen LogP contribution is 2.33. The molecule has 3 heterocycles. The highest BCUT2D eigenvalue weighted by molar-refractivity contribution is 7.22. The standard InChI is InChI=1S/C14H12N6O2S/c21-12(8-3-5-15-6-4-8)16-10-9-11(20-19-10)17-14(23-9)18-13(22)7-1-2-7/h3-7H,1-2H2,(H3,16,17,18,19,20,21,22). The zero-order chi connectivity index (χ0) is 15.8. The van der Waals surface area contributed by atoms with Crippen LogP contribution in [0.15, 0.2) is 24.5 Å². The maximum Gasteiger partial charge on any atom is 0.257 e. The molecule has 1 aliphatic rings. The number of hydrogen-bond acceptors (Lipinski definition) is 6.